The van der Waals surface area contributed by atoms with E-state index in [0.717, 1.165) is 38.5 Å². The van der Waals surface area contributed by atoms with Crippen LogP contribution in [0.1, 0.15) is 51.9 Å². The second-order valence-electron chi connectivity index (χ2n) is 10.0. The standard InChI is InChI=1S/C25H34N2O5S/c1-16(15-28)27-21-23(30)26(17-9-4-2-5-10-17)13-8-12-25(21)20(22(27)29)19-18(33-25)11-6-3-7-14-32-24(19)31/h6,8,11-12,16-21,28H,2-5,7,9-10,13-15H2,1H3/b11-6-/t16-,18-,19+,20+,21?,25+/m1/s1. The van der Waals surface area contributed by atoms with E-state index in [0.29, 0.717) is 13.2 Å². The number of allylic oxidation sites excluding steroid dienone is 1. The molecule has 2 amide bonds. The molecule has 5 aliphatic rings. The maximum Gasteiger partial charge on any atom is 0.311 e. The van der Waals surface area contributed by atoms with Gasteiger partial charge in [-0.1, -0.05) is 43.6 Å². The van der Waals surface area contributed by atoms with Crippen LogP contribution in [-0.4, -0.2) is 80.6 Å². The van der Waals surface area contributed by atoms with E-state index < -0.39 is 28.7 Å². The van der Waals surface area contributed by atoms with Gasteiger partial charge in [-0.15, -0.1) is 11.8 Å². The van der Waals surface area contributed by atoms with Gasteiger partial charge >= 0.3 is 5.97 Å². The molecule has 1 saturated carbocycles. The van der Waals surface area contributed by atoms with Crippen molar-refractivity contribution < 1.29 is 24.2 Å². The summed E-state index contributed by atoms with van der Waals surface area (Å²) in [6.45, 7) is 2.42. The fourth-order valence-corrected chi connectivity index (χ4v) is 8.48. The van der Waals surface area contributed by atoms with Gasteiger partial charge in [0, 0.05) is 17.8 Å². The SMILES string of the molecule is C[C@H](CO)N1C(=O)[C@@H]2[C@H]3C(=O)OCCC/C=C\[C@H]3S[C@@]23C=CCN(C2CCCCC2)C(=O)C13. The van der Waals surface area contributed by atoms with Crippen LogP contribution in [0.25, 0.3) is 0 Å². The molecule has 0 aromatic rings. The van der Waals surface area contributed by atoms with E-state index in [1.54, 1.807) is 23.6 Å². The Morgan fingerprint density at radius 2 is 1.94 bits per heavy atom. The van der Waals surface area contributed by atoms with Crippen molar-refractivity contribution in [3.63, 3.8) is 0 Å². The molecule has 180 valence electrons. The highest BCUT2D eigenvalue weighted by atomic mass is 32.2. The first kappa shape index (κ1) is 23.0. The fourth-order valence-electron chi connectivity index (χ4n) is 6.49. The second-order valence-corrected chi connectivity index (χ2v) is 11.5. The lowest BCUT2D eigenvalue weighted by Crippen LogP contribution is -2.57. The molecule has 0 aromatic carbocycles. The number of esters is 1. The molecular formula is C25H34N2O5S. The molecule has 1 aliphatic carbocycles. The largest absolute Gasteiger partial charge is 0.465 e. The number of aliphatic hydroxyl groups is 1. The molecule has 3 fully saturated rings. The smallest absolute Gasteiger partial charge is 0.311 e. The molecule has 0 bridgehead atoms. The highest BCUT2D eigenvalue weighted by molar-refractivity contribution is 8.02. The van der Waals surface area contributed by atoms with E-state index in [2.05, 4.69) is 6.08 Å². The van der Waals surface area contributed by atoms with E-state index in [1.165, 1.54) is 6.42 Å². The molecule has 4 heterocycles. The van der Waals surface area contributed by atoms with E-state index in [9.17, 15) is 19.5 Å². The number of hydrogen-bond donors (Lipinski definition) is 1. The van der Waals surface area contributed by atoms with Crippen LogP contribution in [0.5, 0.6) is 0 Å². The zero-order valence-corrected chi connectivity index (χ0v) is 20.0. The first-order valence-electron chi connectivity index (χ1n) is 12.4. The Bertz CT molecular complexity index is 869. The molecule has 4 aliphatic heterocycles. The molecule has 2 saturated heterocycles. The number of likely N-dealkylation sites (tertiary alicyclic amines) is 1. The van der Waals surface area contributed by atoms with E-state index >= 15 is 0 Å². The lowest BCUT2D eigenvalue weighted by molar-refractivity contribution is -0.153. The number of carbonyl (C=O) groups is 3. The summed E-state index contributed by atoms with van der Waals surface area (Å²) < 4.78 is 4.74. The average Bonchev–Trinajstić information content (AvgIpc) is 3.24. The van der Waals surface area contributed by atoms with Crippen LogP contribution >= 0.6 is 11.8 Å². The van der Waals surface area contributed by atoms with Gasteiger partial charge in [0.25, 0.3) is 0 Å². The highest BCUT2D eigenvalue weighted by Gasteiger charge is 2.71. The number of thioether (sulfide) groups is 1. The van der Waals surface area contributed by atoms with Crippen molar-refractivity contribution >= 4 is 29.5 Å². The molecule has 1 N–H and O–H groups in total. The predicted molar refractivity (Wildman–Crippen MR) is 125 cm³/mol. The summed E-state index contributed by atoms with van der Waals surface area (Å²) in [6, 6.07) is -1.05. The van der Waals surface area contributed by atoms with Gasteiger partial charge < -0.3 is 19.6 Å². The van der Waals surface area contributed by atoms with Crippen LogP contribution in [0.15, 0.2) is 24.3 Å². The molecule has 1 spiro atoms. The first-order chi connectivity index (χ1) is 16.0. The number of carbonyl (C=O) groups excluding carboxylic acids is 3. The fraction of sp³-hybridized carbons (Fsp3) is 0.720. The van der Waals surface area contributed by atoms with Crippen molar-refractivity contribution in [2.75, 3.05) is 19.8 Å². The number of hydrogen-bond acceptors (Lipinski definition) is 6. The van der Waals surface area contributed by atoms with E-state index in [1.807, 2.05) is 23.1 Å². The summed E-state index contributed by atoms with van der Waals surface area (Å²) in [6.07, 6.45) is 15.2. The summed E-state index contributed by atoms with van der Waals surface area (Å²) in [4.78, 5) is 44.8. The lowest BCUT2D eigenvalue weighted by atomic mass is 9.78. The van der Waals surface area contributed by atoms with Crippen LogP contribution in [0.2, 0.25) is 0 Å². The molecule has 1 unspecified atom stereocenters. The number of rotatable bonds is 3. The van der Waals surface area contributed by atoms with Gasteiger partial charge in [0.05, 0.1) is 35.8 Å². The molecule has 7 nitrogen and oxygen atoms in total. The zero-order valence-electron chi connectivity index (χ0n) is 19.2. The van der Waals surface area contributed by atoms with Crippen molar-refractivity contribution in [3.8, 4) is 0 Å². The number of nitrogens with zero attached hydrogens (tertiary/aromatic N) is 2. The van der Waals surface area contributed by atoms with Crippen molar-refractivity contribution in [2.45, 2.75) is 80.0 Å². The predicted octanol–water partition coefficient (Wildman–Crippen LogP) is 2.29. The van der Waals surface area contributed by atoms with Crippen LogP contribution in [0.4, 0.5) is 0 Å². The Kier molecular flexibility index (Phi) is 6.33. The van der Waals surface area contributed by atoms with Crippen molar-refractivity contribution in [3.05, 3.63) is 24.3 Å². The van der Waals surface area contributed by atoms with Crippen LogP contribution in [0.3, 0.4) is 0 Å². The van der Waals surface area contributed by atoms with Gasteiger partial charge in [0.2, 0.25) is 11.8 Å². The Labute approximate surface area is 199 Å². The molecule has 5 rings (SSSR count). The van der Waals surface area contributed by atoms with Crippen molar-refractivity contribution in [1.82, 2.24) is 9.80 Å². The van der Waals surface area contributed by atoms with Crippen LogP contribution in [-0.2, 0) is 19.1 Å². The Morgan fingerprint density at radius 3 is 2.70 bits per heavy atom. The zero-order chi connectivity index (χ0) is 23.2. The number of cyclic esters (lactones) is 1. The molecule has 6 atom stereocenters. The van der Waals surface area contributed by atoms with Crippen LogP contribution in [0, 0.1) is 11.8 Å². The Balaban J connectivity index is 1.59. The van der Waals surface area contributed by atoms with Gasteiger partial charge in [-0.25, -0.2) is 0 Å². The minimum atomic E-state index is -0.834. The van der Waals surface area contributed by atoms with E-state index in [-0.39, 0.29) is 35.7 Å². The average molecular weight is 475 g/mol. The third kappa shape index (κ3) is 3.64. The summed E-state index contributed by atoms with van der Waals surface area (Å²) in [5.41, 5.74) is 0. The topological polar surface area (TPSA) is 87.2 Å². The molecule has 8 heteroatoms. The third-order valence-electron chi connectivity index (χ3n) is 8.07. The molecule has 0 radical (unpaired) electrons. The quantitative estimate of drug-likeness (QED) is 0.499. The normalized spacial score (nSPS) is 39.0. The maximum atomic E-state index is 14.2. The number of aliphatic hydroxyl groups excluding tert-OH is 1. The summed E-state index contributed by atoms with van der Waals surface area (Å²) in [7, 11) is 0. The minimum absolute atomic E-state index is 0.0422. The monoisotopic (exact) mass is 474 g/mol. The Hall–Kier alpha value is -1.80. The van der Waals surface area contributed by atoms with Crippen LogP contribution < -0.4 is 0 Å². The summed E-state index contributed by atoms with van der Waals surface area (Å²) in [5, 5.41) is 9.78. The molecule has 0 aromatic heterocycles. The summed E-state index contributed by atoms with van der Waals surface area (Å²) in [5.74, 6) is -1.91. The van der Waals surface area contributed by atoms with Crippen molar-refractivity contribution in [2.24, 2.45) is 11.8 Å². The number of amides is 2. The Morgan fingerprint density at radius 1 is 1.15 bits per heavy atom. The lowest BCUT2D eigenvalue weighted by Gasteiger charge is -2.40. The van der Waals surface area contributed by atoms with Gasteiger partial charge in [-0.3, -0.25) is 14.4 Å². The van der Waals surface area contributed by atoms with Gasteiger partial charge in [0.15, 0.2) is 0 Å². The first-order valence-corrected chi connectivity index (χ1v) is 13.3. The highest BCUT2D eigenvalue weighted by Crippen LogP contribution is 2.61. The molecular weight excluding hydrogens is 440 g/mol. The van der Waals surface area contributed by atoms with Gasteiger partial charge in [-0.05, 0) is 32.6 Å². The summed E-state index contributed by atoms with van der Waals surface area (Å²) >= 11 is 1.57. The minimum Gasteiger partial charge on any atom is -0.465 e. The van der Waals surface area contributed by atoms with Crippen molar-refractivity contribution in [1.29, 1.82) is 0 Å². The number of ether oxygens (including phenoxy) is 1. The number of fused-ring (bicyclic) bond motifs is 2. The molecule has 33 heavy (non-hydrogen) atoms. The third-order valence-corrected chi connectivity index (χ3v) is 9.82. The second kappa shape index (κ2) is 9.10. The van der Waals surface area contributed by atoms with E-state index in [4.69, 9.17) is 4.74 Å². The van der Waals surface area contributed by atoms with Gasteiger partial charge in [0.1, 0.15) is 6.04 Å². The van der Waals surface area contributed by atoms with Gasteiger partial charge in [-0.2, -0.15) is 0 Å². The maximum absolute atomic E-state index is 14.2.